The number of nitrogens with zero attached hydrogens (tertiary/aromatic N) is 1. The predicted molar refractivity (Wildman–Crippen MR) is 90.2 cm³/mol. The fourth-order valence-corrected chi connectivity index (χ4v) is 2.45. The summed E-state index contributed by atoms with van der Waals surface area (Å²) in [4.78, 5) is 3.37. The number of fused-ring (bicyclic) bond motifs is 1. The molecule has 2 N–H and O–H groups in total. The lowest BCUT2D eigenvalue weighted by atomic mass is 10.1. The minimum atomic E-state index is 1.01. The molecule has 21 heavy (non-hydrogen) atoms. The van der Waals surface area contributed by atoms with Crippen LogP contribution in [0.4, 0.5) is 5.69 Å². The van der Waals surface area contributed by atoms with Crippen LogP contribution in [0.5, 0.6) is 0 Å². The molecule has 0 fully saturated rings. The van der Waals surface area contributed by atoms with Gasteiger partial charge in [-0.1, -0.05) is 24.3 Å². The fraction of sp³-hybridized carbons (Fsp3) is 0.167. The van der Waals surface area contributed by atoms with E-state index < -0.39 is 0 Å². The number of anilines is 1. The summed E-state index contributed by atoms with van der Waals surface area (Å²) in [6.45, 7) is 6.28. The van der Waals surface area contributed by atoms with Gasteiger partial charge in [0.15, 0.2) is 0 Å². The maximum Gasteiger partial charge on any atom is 0.0568 e. The summed E-state index contributed by atoms with van der Waals surface area (Å²) in [6, 6.07) is 14.5. The van der Waals surface area contributed by atoms with Crippen LogP contribution in [0.25, 0.3) is 10.9 Å². The van der Waals surface area contributed by atoms with E-state index in [0.717, 1.165) is 22.5 Å². The van der Waals surface area contributed by atoms with Crippen LogP contribution in [0.2, 0.25) is 0 Å². The zero-order valence-corrected chi connectivity index (χ0v) is 12.6. The number of rotatable bonds is 3. The molecule has 106 valence electrons. The fourth-order valence-electron chi connectivity index (χ4n) is 2.45. The van der Waals surface area contributed by atoms with Crippen LogP contribution >= 0.6 is 0 Å². The van der Waals surface area contributed by atoms with E-state index in [9.17, 15) is 0 Å². The molecule has 1 aromatic heterocycles. The summed E-state index contributed by atoms with van der Waals surface area (Å²) in [6.07, 6.45) is 1.88. The maximum absolute atomic E-state index is 4.37. The zero-order valence-electron chi connectivity index (χ0n) is 12.6. The van der Waals surface area contributed by atoms with E-state index in [1.807, 2.05) is 24.4 Å². The number of hydrazone groups is 1. The Morgan fingerprint density at radius 2 is 1.81 bits per heavy atom. The summed E-state index contributed by atoms with van der Waals surface area (Å²) in [5.74, 6) is 0. The predicted octanol–water partition coefficient (Wildman–Crippen LogP) is 4.54. The Kier molecular flexibility index (Phi) is 3.48. The van der Waals surface area contributed by atoms with Crippen molar-refractivity contribution in [2.24, 2.45) is 5.10 Å². The lowest BCUT2D eigenvalue weighted by Crippen LogP contribution is -1.92. The molecule has 0 aliphatic rings. The molecular weight excluding hydrogens is 258 g/mol. The summed E-state index contributed by atoms with van der Waals surface area (Å²) in [5.41, 5.74) is 10.1. The maximum atomic E-state index is 4.37. The van der Waals surface area contributed by atoms with Crippen molar-refractivity contribution in [2.45, 2.75) is 20.8 Å². The molecule has 0 aliphatic heterocycles. The molecule has 0 aliphatic carbocycles. The minimum absolute atomic E-state index is 1.01. The second kappa shape index (κ2) is 5.44. The van der Waals surface area contributed by atoms with Crippen molar-refractivity contribution in [3.8, 4) is 0 Å². The largest absolute Gasteiger partial charge is 0.358 e. The molecule has 0 amide bonds. The van der Waals surface area contributed by atoms with E-state index in [0.29, 0.717) is 0 Å². The topological polar surface area (TPSA) is 40.2 Å². The quantitative estimate of drug-likeness (QED) is 0.535. The lowest BCUT2D eigenvalue weighted by molar-refractivity contribution is 1.28. The summed E-state index contributed by atoms with van der Waals surface area (Å²) in [7, 11) is 0. The Morgan fingerprint density at radius 3 is 2.62 bits per heavy atom. The van der Waals surface area contributed by atoms with Crippen molar-refractivity contribution >= 4 is 22.8 Å². The monoisotopic (exact) mass is 277 g/mol. The Hall–Kier alpha value is -2.55. The highest BCUT2D eigenvalue weighted by Crippen LogP contribution is 2.20. The van der Waals surface area contributed by atoms with Crippen molar-refractivity contribution in [1.29, 1.82) is 0 Å². The number of benzene rings is 2. The van der Waals surface area contributed by atoms with Crippen LogP contribution in [-0.4, -0.2) is 11.2 Å². The highest BCUT2D eigenvalue weighted by molar-refractivity contribution is 6.00. The van der Waals surface area contributed by atoms with Gasteiger partial charge in [0.1, 0.15) is 0 Å². The van der Waals surface area contributed by atoms with Gasteiger partial charge in [-0.2, -0.15) is 5.10 Å². The average Bonchev–Trinajstić information content (AvgIpc) is 2.79. The van der Waals surface area contributed by atoms with E-state index in [1.54, 1.807) is 0 Å². The van der Waals surface area contributed by atoms with E-state index in [-0.39, 0.29) is 0 Å². The molecule has 3 rings (SSSR count). The van der Waals surface area contributed by atoms with Gasteiger partial charge in [0, 0.05) is 22.2 Å². The first kappa shape index (κ1) is 13.4. The normalized spacial score (nSPS) is 11.4. The summed E-state index contributed by atoms with van der Waals surface area (Å²) in [5, 5.41) is 5.57. The molecule has 0 unspecified atom stereocenters. The van der Waals surface area contributed by atoms with Gasteiger partial charge in [-0.05, 0) is 50.1 Å². The third kappa shape index (κ3) is 2.68. The van der Waals surface area contributed by atoms with Gasteiger partial charge in [-0.25, -0.2) is 0 Å². The van der Waals surface area contributed by atoms with Crippen molar-refractivity contribution in [1.82, 2.24) is 4.98 Å². The number of hydrogen-bond donors (Lipinski definition) is 2. The Labute approximate surface area is 124 Å². The van der Waals surface area contributed by atoms with Crippen molar-refractivity contribution in [3.63, 3.8) is 0 Å². The SMILES string of the molecule is Cc1ccc(N/N=C/c2c(C)[nH]c3ccccc23)cc1C. The Bertz CT molecular complexity index is 812. The number of aromatic nitrogens is 1. The van der Waals surface area contributed by atoms with Gasteiger partial charge in [0.25, 0.3) is 0 Å². The first-order valence-corrected chi connectivity index (χ1v) is 7.09. The zero-order chi connectivity index (χ0) is 14.8. The van der Waals surface area contributed by atoms with Gasteiger partial charge < -0.3 is 4.98 Å². The summed E-state index contributed by atoms with van der Waals surface area (Å²) >= 11 is 0. The number of aryl methyl sites for hydroxylation is 3. The van der Waals surface area contributed by atoms with Gasteiger partial charge in [-0.3, -0.25) is 5.43 Å². The van der Waals surface area contributed by atoms with Crippen molar-refractivity contribution in [3.05, 3.63) is 64.8 Å². The second-order valence-electron chi connectivity index (χ2n) is 5.38. The lowest BCUT2D eigenvalue weighted by Gasteiger charge is -2.04. The molecule has 0 bridgehead atoms. The van der Waals surface area contributed by atoms with E-state index in [4.69, 9.17) is 0 Å². The molecule has 0 radical (unpaired) electrons. The first-order valence-electron chi connectivity index (χ1n) is 7.09. The highest BCUT2D eigenvalue weighted by atomic mass is 15.3. The molecule has 3 nitrogen and oxygen atoms in total. The number of aromatic amines is 1. The number of para-hydroxylation sites is 1. The van der Waals surface area contributed by atoms with Gasteiger partial charge in [0.2, 0.25) is 0 Å². The average molecular weight is 277 g/mol. The number of H-pyrrole nitrogens is 1. The van der Waals surface area contributed by atoms with Gasteiger partial charge in [0.05, 0.1) is 11.9 Å². The number of nitrogens with one attached hydrogen (secondary N) is 2. The Balaban J connectivity index is 1.84. The molecule has 3 aromatic rings. The van der Waals surface area contributed by atoms with E-state index >= 15 is 0 Å². The van der Waals surface area contributed by atoms with Gasteiger partial charge >= 0.3 is 0 Å². The van der Waals surface area contributed by atoms with E-state index in [1.165, 1.54) is 16.5 Å². The molecule has 0 saturated carbocycles. The number of hydrogen-bond acceptors (Lipinski definition) is 2. The smallest absolute Gasteiger partial charge is 0.0568 e. The molecule has 1 heterocycles. The molecule has 2 aromatic carbocycles. The van der Waals surface area contributed by atoms with Crippen LogP contribution in [0.15, 0.2) is 47.6 Å². The third-order valence-electron chi connectivity index (χ3n) is 3.84. The van der Waals surface area contributed by atoms with E-state index in [2.05, 4.69) is 60.5 Å². The van der Waals surface area contributed by atoms with Crippen LogP contribution in [0.3, 0.4) is 0 Å². The Morgan fingerprint density at radius 1 is 1.00 bits per heavy atom. The van der Waals surface area contributed by atoms with Crippen molar-refractivity contribution < 1.29 is 0 Å². The molecule has 3 heteroatoms. The van der Waals surface area contributed by atoms with Crippen LogP contribution in [-0.2, 0) is 0 Å². The molecule has 0 saturated heterocycles. The molecule has 0 atom stereocenters. The van der Waals surface area contributed by atoms with Crippen LogP contribution in [0.1, 0.15) is 22.4 Å². The van der Waals surface area contributed by atoms with Crippen molar-refractivity contribution in [2.75, 3.05) is 5.43 Å². The second-order valence-corrected chi connectivity index (χ2v) is 5.38. The first-order chi connectivity index (χ1) is 10.1. The highest BCUT2D eigenvalue weighted by Gasteiger charge is 2.04. The summed E-state index contributed by atoms with van der Waals surface area (Å²) < 4.78 is 0. The molecular formula is C18H19N3. The van der Waals surface area contributed by atoms with Gasteiger partial charge in [-0.15, -0.1) is 0 Å². The molecule has 0 spiro atoms. The van der Waals surface area contributed by atoms with Crippen LogP contribution < -0.4 is 5.43 Å². The minimum Gasteiger partial charge on any atom is -0.358 e. The third-order valence-corrected chi connectivity index (χ3v) is 3.84. The standard InChI is InChI=1S/C18H19N3/c1-12-8-9-15(10-13(12)2)21-19-11-17-14(3)20-18-7-5-4-6-16(17)18/h4-11,20-21H,1-3H3/b19-11+. The van der Waals surface area contributed by atoms with Crippen LogP contribution in [0, 0.1) is 20.8 Å².